The number of carbonyl (C=O) groups excluding carboxylic acids is 1. The first-order valence-electron chi connectivity index (χ1n) is 9.38. The Kier molecular flexibility index (Phi) is 4.56. The predicted octanol–water partition coefficient (Wildman–Crippen LogP) is 3.47. The van der Waals surface area contributed by atoms with Gasteiger partial charge in [0.05, 0.1) is 12.2 Å². The highest BCUT2D eigenvalue weighted by Crippen LogP contribution is 2.30. The van der Waals surface area contributed by atoms with Crippen LogP contribution in [0.1, 0.15) is 41.4 Å². The van der Waals surface area contributed by atoms with Gasteiger partial charge in [0.25, 0.3) is 5.91 Å². The highest BCUT2D eigenvalue weighted by atomic mass is 16.5. The van der Waals surface area contributed by atoms with Crippen LogP contribution >= 0.6 is 0 Å². The van der Waals surface area contributed by atoms with Crippen molar-refractivity contribution in [2.24, 2.45) is 13.0 Å². The summed E-state index contributed by atoms with van der Waals surface area (Å²) in [6.07, 6.45) is 1.55. The molecule has 0 spiro atoms. The monoisotopic (exact) mass is 364 g/mol. The van der Waals surface area contributed by atoms with Gasteiger partial charge in [-0.05, 0) is 18.4 Å². The highest BCUT2D eigenvalue weighted by Gasteiger charge is 2.29. The molecule has 0 bridgehead atoms. The summed E-state index contributed by atoms with van der Waals surface area (Å²) in [4.78, 5) is 15.0. The maximum Gasteiger partial charge on any atom is 0.272 e. The van der Waals surface area contributed by atoms with E-state index < -0.39 is 0 Å². The Bertz CT molecular complexity index is 956. The van der Waals surface area contributed by atoms with Crippen molar-refractivity contribution in [3.05, 3.63) is 59.1 Å². The summed E-state index contributed by atoms with van der Waals surface area (Å²) in [6, 6.07) is 11.9. The predicted molar refractivity (Wildman–Crippen MR) is 102 cm³/mol. The van der Waals surface area contributed by atoms with Crippen molar-refractivity contribution in [1.29, 1.82) is 0 Å². The number of fused-ring (bicyclic) bond motifs is 1. The first kappa shape index (κ1) is 17.5. The van der Waals surface area contributed by atoms with Gasteiger partial charge in [0.15, 0.2) is 0 Å². The third-order valence-electron chi connectivity index (χ3n) is 4.93. The topological polar surface area (TPSA) is 64.2 Å². The number of hydrogen-bond acceptors (Lipinski definition) is 4. The van der Waals surface area contributed by atoms with Gasteiger partial charge in [-0.15, -0.1) is 0 Å². The second-order valence-electron chi connectivity index (χ2n) is 7.52. The normalized spacial score (nSPS) is 13.9. The van der Waals surface area contributed by atoms with Crippen molar-refractivity contribution in [3.8, 4) is 11.3 Å². The molecule has 6 heteroatoms. The second-order valence-corrected chi connectivity index (χ2v) is 7.52. The van der Waals surface area contributed by atoms with Crippen LogP contribution in [0.5, 0.6) is 0 Å². The Labute approximate surface area is 158 Å². The van der Waals surface area contributed by atoms with Crippen LogP contribution in [0, 0.1) is 5.92 Å². The fourth-order valence-electron chi connectivity index (χ4n) is 3.61. The maximum atomic E-state index is 13.1. The number of rotatable bonds is 4. The van der Waals surface area contributed by atoms with E-state index in [-0.39, 0.29) is 5.91 Å². The third-order valence-corrected chi connectivity index (χ3v) is 4.93. The Morgan fingerprint density at radius 3 is 2.78 bits per heavy atom. The van der Waals surface area contributed by atoms with Gasteiger partial charge in [0.1, 0.15) is 17.1 Å². The summed E-state index contributed by atoms with van der Waals surface area (Å²) < 4.78 is 7.24. The lowest BCUT2D eigenvalue weighted by molar-refractivity contribution is 0.0718. The maximum absolute atomic E-state index is 13.1. The molecule has 2 aromatic heterocycles. The van der Waals surface area contributed by atoms with Crippen molar-refractivity contribution >= 4 is 5.91 Å². The van der Waals surface area contributed by atoms with E-state index in [1.54, 1.807) is 4.68 Å². The molecule has 3 heterocycles. The van der Waals surface area contributed by atoms with Crippen LogP contribution in [0.3, 0.4) is 0 Å². The minimum absolute atomic E-state index is 0.00543. The van der Waals surface area contributed by atoms with E-state index in [2.05, 4.69) is 24.1 Å². The number of nitrogens with zero attached hydrogens (tertiary/aromatic N) is 4. The van der Waals surface area contributed by atoms with Crippen molar-refractivity contribution in [2.45, 2.75) is 33.2 Å². The molecule has 1 amide bonds. The fraction of sp³-hybridized carbons (Fsp3) is 0.381. The minimum Gasteiger partial charge on any atom is -0.360 e. The molecule has 0 atom stereocenters. The number of carbonyl (C=O) groups is 1. The summed E-state index contributed by atoms with van der Waals surface area (Å²) in [6.45, 7) is 5.44. The lowest BCUT2D eigenvalue weighted by atomic mass is 10.0. The smallest absolute Gasteiger partial charge is 0.272 e. The Morgan fingerprint density at radius 1 is 1.26 bits per heavy atom. The Balaban J connectivity index is 1.59. The molecule has 1 aliphatic rings. The second kappa shape index (κ2) is 7.02. The number of amides is 1. The highest BCUT2D eigenvalue weighted by molar-refractivity contribution is 5.93. The molecular weight excluding hydrogens is 340 g/mol. The van der Waals surface area contributed by atoms with Crippen molar-refractivity contribution in [1.82, 2.24) is 19.8 Å². The van der Waals surface area contributed by atoms with E-state index >= 15 is 0 Å². The van der Waals surface area contributed by atoms with Crippen molar-refractivity contribution in [3.63, 3.8) is 0 Å². The molecular formula is C21H24N4O2. The lowest BCUT2D eigenvalue weighted by Gasteiger charge is -2.26. The number of aryl methyl sites for hydroxylation is 1. The third kappa shape index (κ3) is 3.39. The molecule has 0 saturated heterocycles. The Hall–Kier alpha value is -2.89. The average molecular weight is 364 g/mol. The summed E-state index contributed by atoms with van der Waals surface area (Å²) in [5, 5.41) is 8.76. The van der Waals surface area contributed by atoms with Gasteiger partial charge in [-0.25, -0.2) is 0 Å². The molecule has 140 valence electrons. The van der Waals surface area contributed by atoms with Crippen LogP contribution in [0.15, 0.2) is 40.9 Å². The van der Waals surface area contributed by atoms with Crippen LogP contribution < -0.4 is 0 Å². The first-order valence-corrected chi connectivity index (χ1v) is 9.38. The van der Waals surface area contributed by atoms with Gasteiger partial charge in [-0.1, -0.05) is 49.3 Å². The van der Waals surface area contributed by atoms with Crippen LogP contribution in [0.4, 0.5) is 0 Å². The minimum atomic E-state index is 0.00543. The average Bonchev–Trinajstić information content (AvgIpc) is 3.24. The van der Waals surface area contributed by atoms with Gasteiger partial charge in [0, 0.05) is 31.1 Å². The quantitative estimate of drug-likeness (QED) is 0.711. The zero-order valence-electron chi connectivity index (χ0n) is 16.0. The van der Waals surface area contributed by atoms with Crippen LogP contribution in [0.2, 0.25) is 0 Å². The van der Waals surface area contributed by atoms with Crippen LogP contribution in [0.25, 0.3) is 11.3 Å². The molecule has 0 fully saturated rings. The summed E-state index contributed by atoms with van der Waals surface area (Å²) in [5.41, 5.74) is 4.44. The lowest BCUT2D eigenvalue weighted by Crippen LogP contribution is -2.36. The molecule has 6 nitrogen and oxygen atoms in total. The van der Waals surface area contributed by atoms with Crippen molar-refractivity contribution < 1.29 is 9.32 Å². The number of benzene rings is 1. The molecule has 1 aliphatic heterocycles. The van der Waals surface area contributed by atoms with E-state index in [0.29, 0.717) is 31.1 Å². The summed E-state index contributed by atoms with van der Waals surface area (Å²) in [5.74, 6) is 1.39. The molecule has 1 aromatic carbocycles. The van der Waals surface area contributed by atoms with E-state index in [4.69, 9.17) is 4.52 Å². The summed E-state index contributed by atoms with van der Waals surface area (Å²) >= 11 is 0. The molecule has 0 aliphatic carbocycles. The first-order chi connectivity index (χ1) is 13.0. The molecule has 0 radical (unpaired) electrons. The van der Waals surface area contributed by atoms with Gasteiger partial charge >= 0.3 is 0 Å². The molecule has 3 aromatic rings. The van der Waals surface area contributed by atoms with Gasteiger partial charge in [0.2, 0.25) is 0 Å². The summed E-state index contributed by atoms with van der Waals surface area (Å²) in [7, 11) is 1.83. The zero-order chi connectivity index (χ0) is 19.0. The molecule has 27 heavy (non-hydrogen) atoms. The number of hydrogen-bond donors (Lipinski definition) is 0. The van der Waals surface area contributed by atoms with Crippen LogP contribution in [-0.4, -0.2) is 32.3 Å². The zero-order valence-corrected chi connectivity index (χ0v) is 16.0. The van der Waals surface area contributed by atoms with E-state index in [1.807, 2.05) is 48.3 Å². The van der Waals surface area contributed by atoms with Crippen LogP contribution in [-0.2, 0) is 26.4 Å². The van der Waals surface area contributed by atoms with Gasteiger partial charge in [-0.2, -0.15) is 5.10 Å². The van der Waals surface area contributed by atoms with Gasteiger partial charge in [-0.3, -0.25) is 9.48 Å². The van der Waals surface area contributed by atoms with E-state index in [9.17, 15) is 4.79 Å². The SMILES string of the molecule is CC(C)Cc1cc(C(=O)N2CCc3onc(-c4ccccc4)c3C2)n(C)n1. The Morgan fingerprint density at radius 2 is 2.04 bits per heavy atom. The van der Waals surface area contributed by atoms with Crippen molar-refractivity contribution in [2.75, 3.05) is 6.54 Å². The largest absolute Gasteiger partial charge is 0.360 e. The van der Waals surface area contributed by atoms with E-state index in [1.165, 1.54) is 0 Å². The van der Waals surface area contributed by atoms with Gasteiger partial charge < -0.3 is 9.42 Å². The molecule has 0 saturated carbocycles. The molecule has 4 rings (SSSR count). The number of aromatic nitrogens is 3. The molecule has 0 N–H and O–H groups in total. The molecule has 0 unspecified atom stereocenters. The standard InChI is InChI=1S/C21H24N4O2/c1-14(2)11-16-12-18(24(3)22-16)21(26)25-10-9-19-17(13-25)20(23-27-19)15-7-5-4-6-8-15/h4-8,12,14H,9-11,13H2,1-3H3. The van der Waals surface area contributed by atoms with E-state index in [0.717, 1.165) is 34.7 Å². The fourth-order valence-corrected chi connectivity index (χ4v) is 3.61.